The van der Waals surface area contributed by atoms with E-state index in [1.54, 1.807) is 0 Å². The van der Waals surface area contributed by atoms with E-state index in [-0.39, 0.29) is 0 Å². The lowest BCUT2D eigenvalue weighted by Crippen LogP contribution is -2.23. The summed E-state index contributed by atoms with van der Waals surface area (Å²) in [6, 6.07) is 92.0. The minimum absolute atomic E-state index is 0.720. The first kappa shape index (κ1) is 42.7. The van der Waals surface area contributed by atoms with Crippen LogP contribution in [0.1, 0.15) is 0 Å². The number of aromatic nitrogens is 2. The van der Waals surface area contributed by atoms with Gasteiger partial charge in [0.2, 0.25) is 0 Å². The van der Waals surface area contributed by atoms with Gasteiger partial charge < -0.3 is 0 Å². The predicted octanol–water partition coefficient (Wildman–Crippen LogP) is 17.6. The van der Waals surface area contributed by atoms with E-state index in [4.69, 9.17) is 0 Å². The van der Waals surface area contributed by atoms with Gasteiger partial charge >= 0.3 is 14.9 Å². The zero-order valence-electron chi connectivity index (χ0n) is 39.9. The highest BCUT2D eigenvalue weighted by molar-refractivity contribution is 7.73. The Hall–Kier alpha value is -8.92. The van der Waals surface area contributed by atoms with Crippen LogP contribution in [0.3, 0.4) is 0 Å². The number of nitrogens with zero attached hydrogens (tertiary/aromatic N) is 4. The van der Waals surface area contributed by atoms with E-state index < -0.39 is 14.9 Å². The van der Waals surface area contributed by atoms with Gasteiger partial charge in [-0.25, -0.2) is 0 Å². The lowest BCUT2D eigenvalue weighted by molar-refractivity contribution is 0.577. The zero-order chi connectivity index (χ0) is 49.1. The normalized spacial score (nSPS) is 16.8. The molecule has 0 radical (unpaired) electrons. The Kier molecular flexibility index (Phi) is 9.41. The van der Waals surface area contributed by atoms with Gasteiger partial charge in [0.1, 0.15) is 0 Å². The van der Waals surface area contributed by atoms with Gasteiger partial charge in [-0.05, 0) is 129 Å². The Morgan fingerprint density at radius 2 is 0.554 bits per heavy atom. The zero-order valence-corrected chi connectivity index (χ0v) is 41.7. The molecule has 11 aromatic carbocycles. The molecule has 0 saturated carbocycles. The molecule has 2 atom stereocenters. The smallest absolute Gasteiger partial charge is 0.270 e. The summed E-state index contributed by atoms with van der Waals surface area (Å²) >= 11 is 0. The van der Waals surface area contributed by atoms with E-state index >= 15 is 9.13 Å². The number of hydrogen-bond donors (Lipinski definition) is 0. The first-order chi connectivity index (χ1) is 36.5. The summed E-state index contributed by atoms with van der Waals surface area (Å²) in [4.78, 5) is 0. The number of rotatable bonds is 8. The maximum absolute atomic E-state index is 17.6. The molecule has 350 valence electrons. The van der Waals surface area contributed by atoms with Crippen LogP contribution in [0.4, 0.5) is 22.7 Å². The van der Waals surface area contributed by atoms with Crippen molar-refractivity contribution in [3.63, 3.8) is 0 Å². The molecule has 0 saturated heterocycles. The lowest BCUT2D eigenvalue weighted by Gasteiger charge is -2.31. The van der Waals surface area contributed by atoms with Crippen LogP contribution in [-0.4, -0.2) is 8.68 Å². The quantitative estimate of drug-likeness (QED) is 0.142. The Morgan fingerprint density at radius 3 is 0.865 bits per heavy atom. The summed E-state index contributed by atoms with van der Waals surface area (Å²) in [6.07, 6.45) is 0. The van der Waals surface area contributed by atoms with Crippen molar-refractivity contribution >= 4 is 91.9 Å². The number of benzene rings is 11. The van der Waals surface area contributed by atoms with E-state index in [1.165, 1.54) is 0 Å². The molecule has 15 rings (SSSR count). The fourth-order valence-corrected chi connectivity index (χ4v) is 18.0. The molecule has 13 aromatic rings. The van der Waals surface area contributed by atoms with Crippen LogP contribution >= 0.6 is 14.9 Å². The molecule has 2 aromatic heterocycles. The molecule has 0 N–H and O–H groups in total. The molecule has 4 heterocycles. The third kappa shape index (κ3) is 6.13. The van der Waals surface area contributed by atoms with Crippen molar-refractivity contribution in [1.29, 1.82) is 0 Å². The molecule has 0 bridgehead atoms. The van der Waals surface area contributed by atoms with Crippen molar-refractivity contribution in [2.75, 3.05) is 9.34 Å². The summed E-state index contributed by atoms with van der Waals surface area (Å²) in [5.74, 6) is 0. The Bertz CT molecular complexity index is 4080. The highest BCUT2D eigenvalue weighted by atomic mass is 31.2. The van der Waals surface area contributed by atoms with Crippen LogP contribution in [0.15, 0.2) is 267 Å². The average Bonchev–Trinajstić information content (AvgIpc) is 4.20. The highest BCUT2D eigenvalue weighted by Crippen LogP contribution is 2.69. The molecular formula is C66H44N4O2P2. The topological polar surface area (TPSA) is 50.5 Å². The van der Waals surface area contributed by atoms with Gasteiger partial charge in [-0.3, -0.25) is 27.1 Å². The van der Waals surface area contributed by atoms with Crippen LogP contribution in [0.2, 0.25) is 0 Å². The van der Waals surface area contributed by atoms with Crippen molar-refractivity contribution in [2.45, 2.75) is 0 Å². The minimum Gasteiger partial charge on any atom is -0.270 e. The first-order valence-electron chi connectivity index (χ1n) is 25.0. The number of hydrogen-bond acceptors (Lipinski definition) is 2. The van der Waals surface area contributed by atoms with Gasteiger partial charge in [-0.15, -0.1) is 0 Å². The van der Waals surface area contributed by atoms with Crippen LogP contribution in [0.25, 0.3) is 88.1 Å². The lowest BCUT2D eigenvalue weighted by atomic mass is 9.99. The van der Waals surface area contributed by atoms with Crippen LogP contribution in [-0.2, 0) is 9.13 Å². The summed E-state index contributed by atoms with van der Waals surface area (Å²) in [6.45, 7) is 0. The van der Waals surface area contributed by atoms with E-state index in [2.05, 4.69) is 224 Å². The first-order valence-corrected chi connectivity index (χ1v) is 28.2. The van der Waals surface area contributed by atoms with Gasteiger partial charge in [0.15, 0.2) is 0 Å². The number of anilines is 4. The fraction of sp³-hybridized carbons (Fsp3) is 0. The van der Waals surface area contributed by atoms with E-state index in [0.29, 0.717) is 0 Å². The summed E-state index contributed by atoms with van der Waals surface area (Å²) in [5, 5.41) is 5.28. The molecular weight excluding hydrogens is 943 g/mol. The van der Waals surface area contributed by atoms with Crippen LogP contribution < -0.4 is 19.9 Å². The Morgan fingerprint density at radius 1 is 0.257 bits per heavy atom. The second-order valence-corrected chi connectivity index (χ2v) is 24.0. The molecule has 8 heteroatoms. The molecule has 74 heavy (non-hydrogen) atoms. The molecule has 2 aliphatic heterocycles. The van der Waals surface area contributed by atoms with Crippen molar-refractivity contribution in [1.82, 2.24) is 8.68 Å². The predicted molar refractivity (Wildman–Crippen MR) is 310 cm³/mol. The largest absolute Gasteiger partial charge is 0.301 e. The van der Waals surface area contributed by atoms with Gasteiger partial charge in [0.05, 0.1) is 44.1 Å². The maximum atomic E-state index is 17.6. The fourth-order valence-electron chi connectivity index (χ4n) is 11.9. The molecule has 2 aliphatic rings. The van der Waals surface area contributed by atoms with Gasteiger partial charge in [-0.1, -0.05) is 182 Å². The van der Waals surface area contributed by atoms with Crippen molar-refractivity contribution < 1.29 is 9.13 Å². The van der Waals surface area contributed by atoms with Gasteiger partial charge in [0, 0.05) is 32.9 Å². The average molecular weight is 987 g/mol. The standard InChI is InChI=1S/C66H44N4O2P2/c71-73(55-39-49(45-21-7-1-8-22-45)37-50(40-55)46-23-9-2-10-24-46)67(53-29-15-5-16-30-53)61-35-19-33-57-59-44-64-60(43-63(59)69(73)65(57)61)58-34-20-36-62-66(58)70(64)74(72,68(62)54-31-17-6-18-32-54)56-41-51(47-25-11-3-12-26-47)38-52(42-56)48-27-13-4-14-28-48/h1-44H. The third-order valence-electron chi connectivity index (χ3n) is 15.1. The summed E-state index contributed by atoms with van der Waals surface area (Å²) in [7, 11) is -7.69. The van der Waals surface area contributed by atoms with Gasteiger partial charge in [-0.2, -0.15) is 0 Å². The molecule has 0 fully saturated rings. The molecule has 2 unspecified atom stereocenters. The van der Waals surface area contributed by atoms with Crippen molar-refractivity contribution in [3.8, 4) is 44.5 Å². The Labute approximate surface area is 428 Å². The van der Waals surface area contributed by atoms with Gasteiger partial charge in [0.25, 0.3) is 0 Å². The second kappa shape index (κ2) is 16.3. The molecule has 0 spiro atoms. The van der Waals surface area contributed by atoms with Crippen LogP contribution in [0.5, 0.6) is 0 Å². The van der Waals surface area contributed by atoms with Crippen molar-refractivity contribution in [2.24, 2.45) is 0 Å². The number of para-hydroxylation sites is 4. The molecule has 0 amide bonds. The van der Waals surface area contributed by atoms with Crippen LogP contribution in [0, 0.1) is 0 Å². The monoisotopic (exact) mass is 986 g/mol. The second-order valence-electron chi connectivity index (χ2n) is 19.2. The van der Waals surface area contributed by atoms with Crippen molar-refractivity contribution in [3.05, 3.63) is 267 Å². The van der Waals surface area contributed by atoms with E-state index in [0.717, 1.165) is 121 Å². The van der Waals surface area contributed by atoms with E-state index in [1.807, 2.05) is 60.7 Å². The third-order valence-corrected chi connectivity index (χ3v) is 20.8. The maximum Gasteiger partial charge on any atom is 0.301 e. The number of fused-ring (bicyclic) bond motifs is 6. The summed E-state index contributed by atoms with van der Waals surface area (Å²) < 4.78 is 43.7. The minimum atomic E-state index is -3.84. The summed E-state index contributed by atoms with van der Waals surface area (Å²) in [5.41, 5.74) is 15.1. The Balaban J connectivity index is 1.04. The SMILES string of the molecule is O=P1(c2cc(-c3ccccc3)cc(-c3ccccc3)c2)N(c2ccccc2)c2cccc3c4cc5c(cc4n1c23)c1cccc2c1n5P(=O)(c1cc(-c3ccccc3)cc(-c3ccccc3)c1)N2c1ccccc1. The van der Waals surface area contributed by atoms with E-state index in [9.17, 15) is 0 Å². The highest BCUT2D eigenvalue weighted by Gasteiger charge is 2.48. The molecule has 6 nitrogen and oxygen atoms in total. The molecule has 0 aliphatic carbocycles.